The quantitative estimate of drug-likeness (QED) is 0.227. The summed E-state index contributed by atoms with van der Waals surface area (Å²) < 4.78 is 5.69. The topological polar surface area (TPSA) is 75.0 Å². The van der Waals surface area contributed by atoms with Gasteiger partial charge in [-0.05, 0) is 53.8 Å². The zero-order chi connectivity index (χ0) is 22.9. The molecule has 6 heteroatoms. The standard InChI is InChI=1S/C26H27N3O2S/c1-4-5-14-31-23-12-10-21(11-13-23)24-17-32-26(28-24)29-25(30)22(16-27)15-19-6-8-20(9-7-19)18(2)3/h6-13,15,17-18H,4-5,14H2,1-3H3,(H,28,29,30)/b22-15+. The van der Waals surface area contributed by atoms with Gasteiger partial charge >= 0.3 is 0 Å². The zero-order valence-electron chi connectivity index (χ0n) is 18.6. The lowest BCUT2D eigenvalue weighted by Crippen LogP contribution is -2.13. The summed E-state index contributed by atoms with van der Waals surface area (Å²) in [6.07, 6.45) is 3.71. The molecule has 3 rings (SSSR count). The molecule has 5 nitrogen and oxygen atoms in total. The van der Waals surface area contributed by atoms with Crippen molar-refractivity contribution >= 4 is 28.5 Å². The van der Waals surface area contributed by atoms with Crippen LogP contribution in [0.5, 0.6) is 5.75 Å². The summed E-state index contributed by atoms with van der Waals surface area (Å²) >= 11 is 1.32. The monoisotopic (exact) mass is 445 g/mol. The minimum Gasteiger partial charge on any atom is -0.494 e. The lowest BCUT2D eigenvalue weighted by molar-refractivity contribution is -0.112. The van der Waals surface area contributed by atoms with E-state index in [4.69, 9.17) is 4.74 Å². The summed E-state index contributed by atoms with van der Waals surface area (Å²) in [5, 5.41) is 14.5. The van der Waals surface area contributed by atoms with Crippen molar-refractivity contribution < 1.29 is 9.53 Å². The molecule has 0 bridgehead atoms. The van der Waals surface area contributed by atoms with E-state index in [0.717, 1.165) is 35.4 Å². The van der Waals surface area contributed by atoms with Crippen LogP contribution in [0.3, 0.4) is 0 Å². The number of nitrogens with one attached hydrogen (secondary N) is 1. The van der Waals surface area contributed by atoms with Crippen molar-refractivity contribution in [2.24, 2.45) is 0 Å². The summed E-state index contributed by atoms with van der Waals surface area (Å²) in [4.78, 5) is 17.1. The molecule has 1 N–H and O–H groups in total. The number of carbonyl (C=O) groups is 1. The Morgan fingerprint density at radius 3 is 2.53 bits per heavy atom. The summed E-state index contributed by atoms with van der Waals surface area (Å²) in [6, 6.07) is 17.6. The second-order valence-electron chi connectivity index (χ2n) is 7.71. The first-order chi connectivity index (χ1) is 15.5. The molecular formula is C26H27N3O2S. The molecule has 3 aromatic rings. The number of aromatic nitrogens is 1. The summed E-state index contributed by atoms with van der Waals surface area (Å²) in [5.74, 6) is 0.785. The molecule has 0 radical (unpaired) electrons. The van der Waals surface area contributed by atoms with Crippen molar-refractivity contribution in [3.63, 3.8) is 0 Å². The normalized spacial score (nSPS) is 11.3. The van der Waals surface area contributed by atoms with E-state index in [1.807, 2.05) is 60.0 Å². The first-order valence-electron chi connectivity index (χ1n) is 10.7. The molecule has 0 spiro atoms. The fourth-order valence-corrected chi connectivity index (χ4v) is 3.69. The largest absolute Gasteiger partial charge is 0.494 e. The molecule has 0 aliphatic rings. The van der Waals surface area contributed by atoms with Crippen molar-refractivity contribution in [1.29, 1.82) is 5.26 Å². The molecule has 0 atom stereocenters. The maximum absolute atomic E-state index is 12.6. The lowest BCUT2D eigenvalue weighted by Gasteiger charge is -2.06. The van der Waals surface area contributed by atoms with Crippen LogP contribution < -0.4 is 10.1 Å². The van der Waals surface area contributed by atoms with Gasteiger partial charge in [-0.25, -0.2) is 4.98 Å². The summed E-state index contributed by atoms with van der Waals surface area (Å²) in [6.45, 7) is 7.08. The molecular weight excluding hydrogens is 418 g/mol. The number of benzene rings is 2. The third-order valence-corrected chi connectivity index (χ3v) is 5.68. The number of carbonyl (C=O) groups excluding carboxylic acids is 1. The number of amides is 1. The fraction of sp³-hybridized carbons (Fsp3) is 0.269. The number of nitrogens with zero attached hydrogens (tertiary/aromatic N) is 2. The van der Waals surface area contributed by atoms with Gasteiger partial charge in [0.25, 0.3) is 5.91 Å². The summed E-state index contributed by atoms with van der Waals surface area (Å²) in [5.41, 5.74) is 3.75. The Balaban J connectivity index is 1.66. The predicted octanol–water partition coefficient (Wildman–Crippen LogP) is 6.66. The second kappa shape index (κ2) is 11.3. The van der Waals surface area contributed by atoms with Crippen LogP contribution >= 0.6 is 11.3 Å². The van der Waals surface area contributed by atoms with Gasteiger partial charge in [-0.2, -0.15) is 5.26 Å². The first kappa shape index (κ1) is 23.2. The number of rotatable bonds is 9. The highest BCUT2D eigenvalue weighted by atomic mass is 32.1. The van der Waals surface area contributed by atoms with Crippen LogP contribution in [0, 0.1) is 11.3 Å². The maximum Gasteiger partial charge on any atom is 0.268 e. The fourth-order valence-electron chi connectivity index (χ4n) is 2.98. The van der Waals surface area contributed by atoms with Gasteiger partial charge in [-0.15, -0.1) is 11.3 Å². The van der Waals surface area contributed by atoms with Crippen LogP contribution in [0.1, 0.15) is 50.7 Å². The number of anilines is 1. The Hall–Kier alpha value is -3.43. The molecule has 0 fully saturated rings. The van der Waals surface area contributed by atoms with Gasteiger partial charge in [0, 0.05) is 10.9 Å². The molecule has 0 unspecified atom stereocenters. The highest BCUT2D eigenvalue weighted by Gasteiger charge is 2.13. The lowest BCUT2D eigenvalue weighted by atomic mass is 10.0. The molecule has 1 aromatic heterocycles. The van der Waals surface area contributed by atoms with Gasteiger partial charge in [0.05, 0.1) is 12.3 Å². The van der Waals surface area contributed by atoms with E-state index in [2.05, 4.69) is 31.1 Å². The molecule has 0 saturated heterocycles. The van der Waals surface area contributed by atoms with Gasteiger partial charge in [0.15, 0.2) is 5.13 Å². The Kier molecular flexibility index (Phi) is 8.18. The predicted molar refractivity (Wildman–Crippen MR) is 131 cm³/mol. The van der Waals surface area contributed by atoms with Gasteiger partial charge in [0.1, 0.15) is 17.4 Å². The Morgan fingerprint density at radius 1 is 1.19 bits per heavy atom. The van der Waals surface area contributed by atoms with E-state index in [9.17, 15) is 10.1 Å². The molecule has 0 aliphatic heterocycles. The highest BCUT2D eigenvalue weighted by Crippen LogP contribution is 2.27. The SMILES string of the molecule is CCCCOc1ccc(-c2csc(NC(=O)/C(C#N)=C/c3ccc(C(C)C)cc3)n2)cc1. The van der Waals surface area contributed by atoms with E-state index in [1.165, 1.54) is 16.9 Å². The van der Waals surface area contributed by atoms with Crippen molar-refractivity contribution in [2.75, 3.05) is 11.9 Å². The first-order valence-corrected chi connectivity index (χ1v) is 11.6. The van der Waals surface area contributed by atoms with Crippen molar-refractivity contribution in [1.82, 2.24) is 4.98 Å². The number of thiazole rings is 1. The van der Waals surface area contributed by atoms with E-state index < -0.39 is 5.91 Å². The smallest absolute Gasteiger partial charge is 0.268 e. The Morgan fingerprint density at radius 2 is 1.91 bits per heavy atom. The maximum atomic E-state index is 12.6. The van der Waals surface area contributed by atoms with Crippen LogP contribution in [-0.4, -0.2) is 17.5 Å². The van der Waals surface area contributed by atoms with E-state index >= 15 is 0 Å². The Bertz CT molecular complexity index is 1110. The number of ether oxygens (including phenoxy) is 1. The highest BCUT2D eigenvalue weighted by molar-refractivity contribution is 7.14. The molecule has 1 heterocycles. The van der Waals surface area contributed by atoms with E-state index in [0.29, 0.717) is 17.7 Å². The molecule has 2 aromatic carbocycles. The Labute approximate surface area is 193 Å². The van der Waals surface area contributed by atoms with Gasteiger partial charge in [-0.1, -0.05) is 51.5 Å². The van der Waals surface area contributed by atoms with Crippen LogP contribution in [0.4, 0.5) is 5.13 Å². The molecule has 1 amide bonds. The molecule has 0 saturated carbocycles. The third-order valence-electron chi connectivity index (χ3n) is 4.92. The van der Waals surface area contributed by atoms with Crippen molar-refractivity contribution in [3.8, 4) is 23.1 Å². The van der Waals surface area contributed by atoms with Crippen molar-refractivity contribution in [2.45, 2.75) is 39.5 Å². The second-order valence-corrected chi connectivity index (χ2v) is 8.57. The number of nitriles is 1. The molecule has 0 aliphatic carbocycles. The average Bonchev–Trinajstić information content (AvgIpc) is 3.26. The van der Waals surface area contributed by atoms with Crippen molar-refractivity contribution in [3.05, 3.63) is 70.6 Å². The molecule has 164 valence electrons. The number of hydrogen-bond acceptors (Lipinski definition) is 5. The minimum absolute atomic E-state index is 0.0348. The zero-order valence-corrected chi connectivity index (χ0v) is 19.4. The third kappa shape index (κ3) is 6.29. The average molecular weight is 446 g/mol. The minimum atomic E-state index is -0.471. The van der Waals surface area contributed by atoms with Crippen LogP contribution in [0.2, 0.25) is 0 Å². The van der Waals surface area contributed by atoms with Gasteiger partial charge < -0.3 is 4.74 Å². The number of hydrogen-bond donors (Lipinski definition) is 1. The summed E-state index contributed by atoms with van der Waals surface area (Å²) in [7, 11) is 0. The molecule has 32 heavy (non-hydrogen) atoms. The van der Waals surface area contributed by atoms with Crippen LogP contribution in [-0.2, 0) is 4.79 Å². The van der Waals surface area contributed by atoms with Crippen LogP contribution in [0.15, 0.2) is 59.5 Å². The van der Waals surface area contributed by atoms with Gasteiger partial charge in [-0.3, -0.25) is 10.1 Å². The van der Waals surface area contributed by atoms with E-state index in [-0.39, 0.29) is 5.57 Å². The van der Waals surface area contributed by atoms with E-state index in [1.54, 1.807) is 6.08 Å². The number of unbranched alkanes of at least 4 members (excludes halogenated alkanes) is 1. The van der Waals surface area contributed by atoms with Gasteiger partial charge in [0.2, 0.25) is 0 Å². The van der Waals surface area contributed by atoms with Crippen LogP contribution in [0.25, 0.3) is 17.3 Å².